The Morgan fingerprint density at radius 3 is 2.38 bits per heavy atom. The summed E-state index contributed by atoms with van der Waals surface area (Å²) in [5, 5.41) is 19.3. The Morgan fingerprint density at radius 2 is 1.94 bits per heavy atom. The van der Waals surface area contributed by atoms with E-state index in [9.17, 15) is 23.3 Å². The molecule has 88 valence electrons. The second-order valence-corrected chi connectivity index (χ2v) is 3.86. The minimum Gasteiger partial charge on any atom is -0.379 e. The average molecular weight is 300 g/mol. The topological polar surface area (TPSA) is 63.4 Å². The molecule has 1 aromatic carbocycles. The first-order valence-electron chi connectivity index (χ1n) is 3.91. The third kappa shape index (κ3) is 2.92. The number of aliphatic hydroxyl groups is 1. The third-order valence-electron chi connectivity index (χ3n) is 1.74. The van der Waals surface area contributed by atoms with Crippen molar-refractivity contribution in [2.24, 2.45) is 0 Å². The molecule has 0 aromatic heterocycles. The van der Waals surface area contributed by atoms with Crippen LogP contribution in [0.3, 0.4) is 0 Å². The Labute approximate surface area is 96.0 Å². The van der Waals surface area contributed by atoms with Gasteiger partial charge in [0.05, 0.1) is 4.92 Å². The van der Waals surface area contributed by atoms with Gasteiger partial charge in [0, 0.05) is 16.6 Å². The number of aliphatic hydroxyl groups excluding tert-OH is 1. The molecule has 0 fully saturated rings. The van der Waals surface area contributed by atoms with Crippen molar-refractivity contribution in [3.05, 3.63) is 38.3 Å². The number of nitro groups is 1. The van der Waals surface area contributed by atoms with E-state index in [2.05, 4.69) is 15.9 Å². The molecule has 8 heteroatoms. The molecular formula is C8H5BrF3NO3. The summed E-state index contributed by atoms with van der Waals surface area (Å²) in [4.78, 5) is 9.56. The SMILES string of the molecule is O=[N+]([O-])c1cc(Br)cc(C(O)C(F)(F)F)c1. The summed E-state index contributed by atoms with van der Waals surface area (Å²) < 4.78 is 36.6. The fourth-order valence-corrected chi connectivity index (χ4v) is 1.55. The van der Waals surface area contributed by atoms with Crippen LogP contribution in [0.1, 0.15) is 11.7 Å². The van der Waals surface area contributed by atoms with Crippen LogP contribution in [0.5, 0.6) is 0 Å². The van der Waals surface area contributed by atoms with Crippen molar-refractivity contribution >= 4 is 21.6 Å². The molecule has 1 atom stereocenters. The Kier molecular flexibility index (Phi) is 3.54. The number of nitro benzene ring substituents is 1. The zero-order chi connectivity index (χ0) is 12.5. The zero-order valence-electron chi connectivity index (χ0n) is 7.53. The molecule has 0 saturated heterocycles. The molecule has 0 bridgehead atoms. The highest BCUT2D eigenvalue weighted by molar-refractivity contribution is 9.10. The van der Waals surface area contributed by atoms with Crippen LogP contribution < -0.4 is 0 Å². The number of hydrogen-bond donors (Lipinski definition) is 1. The summed E-state index contributed by atoms with van der Waals surface area (Å²) >= 11 is 2.83. The van der Waals surface area contributed by atoms with Gasteiger partial charge in [0.25, 0.3) is 5.69 Å². The average Bonchev–Trinajstić information content (AvgIpc) is 2.14. The van der Waals surface area contributed by atoms with Crippen LogP contribution in [0.4, 0.5) is 18.9 Å². The van der Waals surface area contributed by atoms with E-state index in [1.54, 1.807) is 0 Å². The normalized spacial score (nSPS) is 13.6. The second-order valence-electron chi connectivity index (χ2n) is 2.94. The van der Waals surface area contributed by atoms with Crippen LogP contribution in [0.15, 0.2) is 22.7 Å². The van der Waals surface area contributed by atoms with Gasteiger partial charge in [-0.3, -0.25) is 10.1 Å². The van der Waals surface area contributed by atoms with Crippen LogP contribution in [0, 0.1) is 10.1 Å². The largest absolute Gasteiger partial charge is 0.418 e. The van der Waals surface area contributed by atoms with Gasteiger partial charge < -0.3 is 5.11 Å². The summed E-state index contributed by atoms with van der Waals surface area (Å²) in [6.07, 6.45) is -7.59. The number of halogens is 4. The van der Waals surface area contributed by atoms with Crippen LogP contribution in [0.25, 0.3) is 0 Å². The van der Waals surface area contributed by atoms with Crippen molar-refractivity contribution in [3.63, 3.8) is 0 Å². The molecular weight excluding hydrogens is 295 g/mol. The molecule has 0 aliphatic carbocycles. The second kappa shape index (κ2) is 4.38. The quantitative estimate of drug-likeness (QED) is 0.674. The van der Waals surface area contributed by atoms with Gasteiger partial charge in [0.2, 0.25) is 0 Å². The molecule has 1 N–H and O–H groups in total. The van der Waals surface area contributed by atoms with E-state index in [0.29, 0.717) is 6.07 Å². The molecule has 4 nitrogen and oxygen atoms in total. The van der Waals surface area contributed by atoms with E-state index in [1.165, 1.54) is 0 Å². The van der Waals surface area contributed by atoms with Crippen molar-refractivity contribution < 1.29 is 23.2 Å². The van der Waals surface area contributed by atoms with Gasteiger partial charge in [-0.25, -0.2) is 0 Å². The van der Waals surface area contributed by atoms with Crippen molar-refractivity contribution in [1.29, 1.82) is 0 Å². The number of nitrogens with zero attached hydrogens (tertiary/aromatic N) is 1. The number of rotatable bonds is 2. The van der Waals surface area contributed by atoms with Crippen molar-refractivity contribution in [2.45, 2.75) is 12.3 Å². The molecule has 0 aliphatic heterocycles. The standard InChI is InChI=1S/C8H5BrF3NO3/c9-5-1-4(7(14)8(10,11)12)2-6(3-5)13(15)16/h1-3,7,14H. The number of hydrogen-bond acceptors (Lipinski definition) is 3. The third-order valence-corrected chi connectivity index (χ3v) is 2.20. The maximum absolute atomic E-state index is 12.2. The van der Waals surface area contributed by atoms with E-state index in [0.717, 1.165) is 12.1 Å². The summed E-state index contributed by atoms with van der Waals surface area (Å²) in [6, 6.07) is 2.71. The highest BCUT2D eigenvalue weighted by Crippen LogP contribution is 2.35. The van der Waals surface area contributed by atoms with Gasteiger partial charge in [-0.1, -0.05) is 15.9 Å². The predicted octanol–water partition coefficient (Wildman–Crippen LogP) is 2.95. The molecule has 16 heavy (non-hydrogen) atoms. The molecule has 0 heterocycles. The van der Waals surface area contributed by atoms with Gasteiger partial charge >= 0.3 is 6.18 Å². The highest BCUT2D eigenvalue weighted by Gasteiger charge is 2.40. The van der Waals surface area contributed by atoms with E-state index < -0.39 is 28.5 Å². The van der Waals surface area contributed by atoms with Gasteiger partial charge in [-0.2, -0.15) is 13.2 Å². The van der Waals surface area contributed by atoms with Gasteiger partial charge in [0.15, 0.2) is 6.10 Å². The number of non-ortho nitro benzene ring substituents is 1. The van der Waals surface area contributed by atoms with E-state index in [1.807, 2.05) is 0 Å². The van der Waals surface area contributed by atoms with Gasteiger partial charge in [0.1, 0.15) is 0 Å². The number of alkyl halides is 3. The van der Waals surface area contributed by atoms with Gasteiger partial charge in [-0.05, 0) is 11.6 Å². The van der Waals surface area contributed by atoms with Crippen molar-refractivity contribution in [2.75, 3.05) is 0 Å². The highest BCUT2D eigenvalue weighted by atomic mass is 79.9. The van der Waals surface area contributed by atoms with Crippen LogP contribution >= 0.6 is 15.9 Å². The van der Waals surface area contributed by atoms with E-state index >= 15 is 0 Å². The predicted molar refractivity (Wildman–Crippen MR) is 51.8 cm³/mol. The molecule has 1 rings (SSSR count). The molecule has 0 radical (unpaired) electrons. The Balaban J connectivity index is 3.20. The lowest BCUT2D eigenvalue weighted by Gasteiger charge is -2.14. The summed E-state index contributed by atoms with van der Waals surface area (Å²) in [7, 11) is 0. The van der Waals surface area contributed by atoms with Crippen LogP contribution in [0.2, 0.25) is 0 Å². The van der Waals surface area contributed by atoms with Crippen LogP contribution in [-0.2, 0) is 0 Å². The van der Waals surface area contributed by atoms with E-state index in [-0.39, 0.29) is 4.47 Å². The molecule has 0 aliphatic rings. The van der Waals surface area contributed by atoms with Crippen molar-refractivity contribution in [1.82, 2.24) is 0 Å². The fourth-order valence-electron chi connectivity index (χ4n) is 1.05. The van der Waals surface area contributed by atoms with Crippen LogP contribution in [-0.4, -0.2) is 16.2 Å². The Hall–Kier alpha value is -1.15. The number of benzene rings is 1. The molecule has 0 saturated carbocycles. The lowest BCUT2D eigenvalue weighted by atomic mass is 10.1. The zero-order valence-corrected chi connectivity index (χ0v) is 9.12. The first-order valence-corrected chi connectivity index (χ1v) is 4.71. The lowest BCUT2D eigenvalue weighted by molar-refractivity contribution is -0.385. The monoisotopic (exact) mass is 299 g/mol. The summed E-state index contributed by atoms with van der Waals surface area (Å²) in [5.41, 5.74) is -1.10. The Morgan fingerprint density at radius 1 is 1.38 bits per heavy atom. The summed E-state index contributed by atoms with van der Waals surface area (Å²) in [5.74, 6) is 0. The smallest absolute Gasteiger partial charge is 0.379 e. The maximum atomic E-state index is 12.2. The van der Waals surface area contributed by atoms with E-state index in [4.69, 9.17) is 5.11 Å². The summed E-state index contributed by atoms with van der Waals surface area (Å²) in [6.45, 7) is 0. The molecule has 1 aromatic rings. The Bertz CT molecular complexity index is 421. The first-order chi connectivity index (χ1) is 7.21. The minimum absolute atomic E-state index is 0.0972. The molecule has 1 unspecified atom stereocenters. The maximum Gasteiger partial charge on any atom is 0.418 e. The molecule has 0 amide bonds. The molecule has 0 spiro atoms. The minimum atomic E-state index is -4.85. The van der Waals surface area contributed by atoms with Gasteiger partial charge in [-0.15, -0.1) is 0 Å². The lowest BCUT2D eigenvalue weighted by Crippen LogP contribution is -2.20. The van der Waals surface area contributed by atoms with Crippen molar-refractivity contribution in [3.8, 4) is 0 Å². The fraction of sp³-hybridized carbons (Fsp3) is 0.250. The first kappa shape index (κ1) is 12.9.